The maximum absolute atomic E-state index is 13.7. The molecule has 0 aliphatic heterocycles. The molecule has 0 saturated heterocycles. The molecule has 1 heterocycles. The van der Waals surface area contributed by atoms with Crippen LogP contribution in [0.5, 0.6) is 0 Å². The molecule has 1 aromatic heterocycles. The highest BCUT2D eigenvalue weighted by molar-refractivity contribution is 6.20. The van der Waals surface area contributed by atoms with Gasteiger partial charge in [0.05, 0.1) is 10.9 Å². The number of hydrogen-bond donors (Lipinski definition) is 0. The van der Waals surface area contributed by atoms with E-state index in [2.05, 4.69) is 4.98 Å². The average Bonchev–Trinajstić information content (AvgIpc) is 3.01. The summed E-state index contributed by atoms with van der Waals surface area (Å²) in [5, 5.41) is -0.321. The molecule has 96 valence electrons. The Labute approximate surface area is 109 Å². The van der Waals surface area contributed by atoms with Gasteiger partial charge in [0.1, 0.15) is 17.2 Å². The van der Waals surface area contributed by atoms with Crippen LogP contribution in [0.15, 0.2) is 12.1 Å². The lowest BCUT2D eigenvalue weighted by Crippen LogP contribution is -2.06. The van der Waals surface area contributed by atoms with Gasteiger partial charge in [-0.05, 0) is 31.7 Å². The number of nitrogens with zero attached hydrogens (tertiary/aromatic N) is 2. The van der Waals surface area contributed by atoms with Crippen molar-refractivity contribution in [2.75, 3.05) is 0 Å². The Kier molecular flexibility index (Phi) is 2.77. The van der Waals surface area contributed by atoms with Gasteiger partial charge in [0.15, 0.2) is 5.82 Å². The van der Waals surface area contributed by atoms with Gasteiger partial charge in [-0.1, -0.05) is 0 Å². The monoisotopic (exact) mass is 270 g/mol. The quantitative estimate of drug-likeness (QED) is 0.770. The van der Waals surface area contributed by atoms with Crippen molar-refractivity contribution >= 4 is 22.6 Å². The first kappa shape index (κ1) is 11.9. The first-order valence-electron chi connectivity index (χ1n) is 6.05. The normalized spacial score (nSPS) is 17.3. The molecule has 0 N–H and O–H groups in total. The van der Waals surface area contributed by atoms with Crippen molar-refractivity contribution in [2.24, 2.45) is 5.92 Å². The molecule has 2 aromatic rings. The lowest BCUT2D eigenvalue weighted by Gasteiger charge is -2.09. The zero-order valence-electron chi connectivity index (χ0n) is 9.96. The van der Waals surface area contributed by atoms with Gasteiger partial charge in [-0.25, -0.2) is 13.8 Å². The molecule has 1 aliphatic carbocycles. The van der Waals surface area contributed by atoms with Gasteiger partial charge in [0.2, 0.25) is 0 Å². The fourth-order valence-corrected chi connectivity index (χ4v) is 2.39. The Balaban J connectivity index is 2.22. The van der Waals surface area contributed by atoms with Crippen molar-refractivity contribution in [2.45, 2.75) is 31.7 Å². The van der Waals surface area contributed by atoms with Crippen LogP contribution >= 0.6 is 11.6 Å². The van der Waals surface area contributed by atoms with Crippen molar-refractivity contribution in [3.63, 3.8) is 0 Å². The van der Waals surface area contributed by atoms with Crippen LogP contribution < -0.4 is 0 Å². The lowest BCUT2D eigenvalue weighted by molar-refractivity contribution is 0.587. The van der Waals surface area contributed by atoms with Gasteiger partial charge in [0, 0.05) is 12.6 Å². The van der Waals surface area contributed by atoms with Crippen LogP contribution in [0.3, 0.4) is 0 Å². The molecule has 1 fully saturated rings. The van der Waals surface area contributed by atoms with Crippen LogP contribution in [0.1, 0.15) is 31.0 Å². The highest BCUT2D eigenvalue weighted by atomic mass is 35.5. The largest absolute Gasteiger partial charge is 0.326 e. The minimum absolute atomic E-state index is 0.208. The number of aromatic nitrogens is 2. The second kappa shape index (κ2) is 4.19. The number of imidazole rings is 1. The average molecular weight is 271 g/mol. The van der Waals surface area contributed by atoms with Crippen molar-refractivity contribution in [3.8, 4) is 0 Å². The SMILES string of the molecule is CC(Cl)c1nc2c(F)cc(F)cc2n1CC1CC1. The number of hydrogen-bond acceptors (Lipinski definition) is 1. The third kappa shape index (κ3) is 1.99. The lowest BCUT2D eigenvalue weighted by atomic mass is 10.3. The minimum Gasteiger partial charge on any atom is -0.326 e. The highest BCUT2D eigenvalue weighted by Crippen LogP contribution is 2.34. The fourth-order valence-electron chi connectivity index (χ4n) is 2.22. The third-order valence-corrected chi connectivity index (χ3v) is 3.49. The van der Waals surface area contributed by atoms with E-state index >= 15 is 0 Å². The Morgan fingerprint density at radius 2 is 2.17 bits per heavy atom. The molecule has 0 spiro atoms. The van der Waals surface area contributed by atoms with Crippen LogP contribution in [-0.2, 0) is 6.54 Å². The van der Waals surface area contributed by atoms with Gasteiger partial charge in [0.25, 0.3) is 0 Å². The summed E-state index contributed by atoms with van der Waals surface area (Å²) in [6, 6.07) is 2.19. The second-order valence-corrected chi connectivity index (χ2v) is 5.55. The van der Waals surface area contributed by atoms with E-state index in [0.717, 1.165) is 25.5 Å². The summed E-state index contributed by atoms with van der Waals surface area (Å²) < 4.78 is 28.9. The Hall–Kier alpha value is -1.16. The predicted molar refractivity (Wildman–Crippen MR) is 66.6 cm³/mol. The number of fused-ring (bicyclic) bond motifs is 1. The van der Waals surface area contributed by atoms with Crippen molar-refractivity contribution in [1.29, 1.82) is 0 Å². The number of rotatable bonds is 3. The van der Waals surface area contributed by atoms with Gasteiger partial charge < -0.3 is 4.57 Å². The topological polar surface area (TPSA) is 17.8 Å². The Bertz CT molecular complexity index is 603. The smallest absolute Gasteiger partial charge is 0.153 e. The molecule has 1 unspecified atom stereocenters. The summed E-state index contributed by atoms with van der Waals surface area (Å²) in [4.78, 5) is 4.22. The standard InChI is InChI=1S/C13H13ClF2N2/c1-7(14)13-17-12-10(16)4-9(15)5-11(12)18(13)6-8-2-3-8/h4-5,7-8H,2-3,6H2,1H3. The summed E-state index contributed by atoms with van der Waals surface area (Å²) >= 11 is 6.08. The Morgan fingerprint density at radius 3 is 2.78 bits per heavy atom. The van der Waals surface area contributed by atoms with Crippen LogP contribution in [-0.4, -0.2) is 9.55 Å². The minimum atomic E-state index is -0.627. The van der Waals surface area contributed by atoms with E-state index in [1.165, 1.54) is 6.07 Å². The van der Waals surface area contributed by atoms with Crippen LogP contribution in [0, 0.1) is 17.6 Å². The van der Waals surface area contributed by atoms with E-state index in [1.807, 2.05) is 4.57 Å². The van der Waals surface area contributed by atoms with E-state index in [4.69, 9.17) is 11.6 Å². The Morgan fingerprint density at radius 1 is 1.44 bits per heavy atom. The molecule has 3 rings (SSSR count). The first-order valence-corrected chi connectivity index (χ1v) is 6.49. The van der Waals surface area contributed by atoms with E-state index in [-0.39, 0.29) is 10.9 Å². The van der Waals surface area contributed by atoms with E-state index < -0.39 is 11.6 Å². The maximum Gasteiger partial charge on any atom is 0.153 e. The number of alkyl halides is 1. The van der Waals surface area contributed by atoms with E-state index in [9.17, 15) is 8.78 Å². The molecule has 1 aromatic carbocycles. The molecular formula is C13H13ClF2N2. The van der Waals surface area contributed by atoms with Gasteiger partial charge in [-0.3, -0.25) is 0 Å². The second-order valence-electron chi connectivity index (χ2n) is 4.90. The predicted octanol–water partition coefficient (Wildman–Crippen LogP) is 4.02. The van der Waals surface area contributed by atoms with E-state index in [0.29, 0.717) is 17.3 Å². The molecule has 0 radical (unpaired) electrons. The number of halogens is 3. The van der Waals surface area contributed by atoms with Crippen LogP contribution in [0.2, 0.25) is 0 Å². The third-order valence-electron chi connectivity index (χ3n) is 3.30. The molecule has 1 aliphatic rings. The maximum atomic E-state index is 13.7. The molecule has 1 saturated carbocycles. The van der Waals surface area contributed by atoms with Crippen molar-refractivity contribution in [1.82, 2.24) is 9.55 Å². The number of benzene rings is 1. The fraction of sp³-hybridized carbons (Fsp3) is 0.462. The zero-order chi connectivity index (χ0) is 12.9. The zero-order valence-corrected chi connectivity index (χ0v) is 10.7. The van der Waals surface area contributed by atoms with Crippen LogP contribution in [0.25, 0.3) is 11.0 Å². The van der Waals surface area contributed by atoms with Gasteiger partial charge in [-0.15, -0.1) is 11.6 Å². The van der Waals surface area contributed by atoms with Crippen molar-refractivity contribution in [3.05, 3.63) is 29.6 Å². The molecular weight excluding hydrogens is 258 g/mol. The molecule has 0 bridgehead atoms. The summed E-state index contributed by atoms with van der Waals surface area (Å²) in [6.07, 6.45) is 2.32. The van der Waals surface area contributed by atoms with Crippen molar-refractivity contribution < 1.29 is 8.78 Å². The molecule has 5 heteroatoms. The molecule has 0 amide bonds. The molecule has 18 heavy (non-hydrogen) atoms. The summed E-state index contributed by atoms with van der Waals surface area (Å²) in [6.45, 7) is 2.53. The summed E-state index contributed by atoms with van der Waals surface area (Å²) in [5.41, 5.74) is 0.710. The highest BCUT2D eigenvalue weighted by Gasteiger charge is 2.26. The molecule has 2 nitrogen and oxygen atoms in total. The van der Waals surface area contributed by atoms with E-state index in [1.54, 1.807) is 6.92 Å². The molecule has 1 atom stereocenters. The summed E-state index contributed by atoms with van der Waals surface area (Å²) in [5.74, 6) is -0.00482. The van der Waals surface area contributed by atoms with Gasteiger partial charge in [-0.2, -0.15) is 0 Å². The van der Waals surface area contributed by atoms with Gasteiger partial charge >= 0.3 is 0 Å². The van der Waals surface area contributed by atoms with Crippen LogP contribution in [0.4, 0.5) is 8.78 Å². The summed E-state index contributed by atoms with van der Waals surface area (Å²) in [7, 11) is 0. The first-order chi connectivity index (χ1) is 8.56.